The van der Waals surface area contributed by atoms with Crippen LogP contribution in [0.25, 0.3) is 11.3 Å². The predicted molar refractivity (Wildman–Crippen MR) is 213 cm³/mol. The Bertz CT molecular complexity index is 2380. The number of methoxy groups -OCH3 is 2. The Labute approximate surface area is 325 Å². The fourth-order valence-corrected chi connectivity index (χ4v) is 12.0. The number of likely N-dealkylation sites (N-methyl/N-ethyl adjacent to an activating group) is 1. The van der Waals surface area contributed by atoms with Crippen LogP contribution in [-0.4, -0.2) is 110 Å². The van der Waals surface area contributed by atoms with E-state index in [1.165, 1.54) is 16.4 Å². The quantitative estimate of drug-likeness (QED) is 0.145. The molecule has 0 saturated carbocycles. The first-order chi connectivity index (χ1) is 26.4. The Kier molecular flexibility index (Phi) is 9.09. The third-order valence-corrected chi connectivity index (χ3v) is 15.7. The first kappa shape index (κ1) is 36.5. The normalized spacial score (nSPS) is 23.1. The molecule has 0 radical (unpaired) electrons. The van der Waals surface area contributed by atoms with Gasteiger partial charge in [-0.3, -0.25) is 14.3 Å². The van der Waals surface area contributed by atoms with Crippen LogP contribution in [0.3, 0.4) is 0 Å². The number of aromatic nitrogens is 3. The number of ether oxygens (including phenoxy) is 3. The molecular weight excluding hydrogens is 753 g/mol. The number of hydrogen-bond donors (Lipinski definition) is 0. The highest BCUT2D eigenvalue weighted by Gasteiger charge is 2.72. The molecule has 0 aliphatic carbocycles. The van der Waals surface area contributed by atoms with Crippen LogP contribution in [0.5, 0.6) is 17.2 Å². The van der Waals surface area contributed by atoms with Gasteiger partial charge in [-0.15, -0.1) is 5.10 Å². The largest absolute Gasteiger partial charge is 0.497 e. The van der Waals surface area contributed by atoms with E-state index in [9.17, 15) is 9.59 Å². The lowest BCUT2D eigenvalue weighted by Crippen LogP contribution is -2.72. The molecule has 55 heavy (non-hydrogen) atoms. The van der Waals surface area contributed by atoms with Crippen molar-refractivity contribution < 1.29 is 32.2 Å². The van der Waals surface area contributed by atoms with E-state index in [1.54, 1.807) is 60.0 Å². The van der Waals surface area contributed by atoms with Gasteiger partial charge in [0.05, 0.1) is 48.7 Å². The van der Waals surface area contributed by atoms with E-state index < -0.39 is 32.4 Å². The van der Waals surface area contributed by atoms with Crippen molar-refractivity contribution in [2.45, 2.75) is 46.7 Å². The molecule has 4 aromatic carbocycles. The average molecular weight is 795 g/mol. The third kappa shape index (κ3) is 5.72. The number of aryl methyl sites for hydroxylation is 1. The number of hydrogen-bond acceptors (Lipinski definition) is 9. The van der Waals surface area contributed by atoms with Gasteiger partial charge in [-0.1, -0.05) is 35.5 Å². The van der Waals surface area contributed by atoms with Gasteiger partial charge >= 0.3 is 0 Å². The van der Waals surface area contributed by atoms with Crippen LogP contribution in [0.15, 0.2) is 108 Å². The van der Waals surface area contributed by atoms with Gasteiger partial charge in [-0.05, 0) is 84.3 Å². The topological polar surface area (TPSA) is 136 Å². The zero-order chi connectivity index (χ0) is 38.7. The number of amides is 2. The molecule has 3 aliphatic heterocycles. The smallest absolute Gasteiger partial charge is 0.266 e. The van der Waals surface area contributed by atoms with Crippen molar-refractivity contribution in [3.8, 4) is 28.5 Å². The van der Waals surface area contributed by atoms with Gasteiger partial charge in [0.15, 0.2) is 0 Å². The molecular formula is C39H42N6O7SSi2. The molecule has 4 atom stereocenters. The maximum atomic E-state index is 15.0. The molecule has 0 bridgehead atoms. The Balaban J connectivity index is 1.07. The summed E-state index contributed by atoms with van der Waals surface area (Å²) in [7, 11) is 1.32. The van der Waals surface area contributed by atoms with Crippen molar-refractivity contribution in [1.29, 1.82) is 0 Å². The second-order valence-electron chi connectivity index (χ2n) is 14.4. The number of benzene rings is 4. The summed E-state index contributed by atoms with van der Waals surface area (Å²) in [6.07, 6.45) is 1.79. The SMILES string of the molecule is COc1ccc(-c2cn(CCCOc3ccc(S(=O)(=O)N4c5ccccc5[C@@]5(c6ccc(OC)cc6)C[C@]6([SiH3])C(=O)N(C)[C@@H]([SiH3])C(=O)N6[C@@H]45)cc3)nn2)cc1. The fourth-order valence-electron chi connectivity index (χ4n) is 8.48. The molecule has 3 aliphatic rings. The Morgan fingerprint density at radius 2 is 1.51 bits per heavy atom. The van der Waals surface area contributed by atoms with E-state index in [0.29, 0.717) is 57.2 Å². The predicted octanol–water partition coefficient (Wildman–Crippen LogP) is 1.71. The van der Waals surface area contributed by atoms with Crippen LogP contribution in [-0.2, 0) is 31.6 Å². The second kappa shape index (κ2) is 13.7. The number of piperazine rings is 1. The van der Waals surface area contributed by atoms with Crippen molar-refractivity contribution in [3.63, 3.8) is 0 Å². The maximum Gasteiger partial charge on any atom is 0.266 e. The van der Waals surface area contributed by atoms with Crippen LogP contribution in [0.4, 0.5) is 5.69 Å². The van der Waals surface area contributed by atoms with Crippen LogP contribution in [0.2, 0.25) is 0 Å². The zero-order valence-electron chi connectivity index (χ0n) is 31.2. The molecule has 2 saturated heterocycles. The molecule has 16 heteroatoms. The van der Waals surface area contributed by atoms with Crippen molar-refractivity contribution >= 4 is 48.0 Å². The molecule has 284 valence electrons. The third-order valence-electron chi connectivity index (χ3n) is 11.4. The van der Waals surface area contributed by atoms with E-state index in [-0.39, 0.29) is 23.1 Å². The van der Waals surface area contributed by atoms with Gasteiger partial charge in [0.1, 0.15) is 34.3 Å². The van der Waals surface area contributed by atoms with Gasteiger partial charge in [0.25, 0.3) is 10.0 Å². The highest BCUT2D eigenvalue weighted by atomic mass is 32.2. The summed E-state index contributed by atoms with van der Waals surface area (Å²) in [5.74, 6) is 1.58. The fraction of sp³-hybridized carbons (Fsp3) is 0.282. The number of nitrogens with zero attached hydrogens (tertiary/aromatic N) is 6. The van der Waals surface area contributed by atoms with Crippen molar-refractivity contribution in [2.24, 2.45) is 0 Å². The summed E-state index contributed by atoms with van der Waals surface area (Å²) in [4.78, 5) is 31.9. The number of carbonyl (C=O) groups excluding carboxylic acids is 2. The van der Waals surface area contributed by atoms with Crippen molar-refractivity contribution in [1.82, 2.24) is 24.8 Å². The van der Waals surface area contributed by atoms with Gasteiger partial charge in [0, 0.05) is 46.1 Å². The van der Waals surface area contributed by atoms with Crippen molar-refractivity contribution in [2.75, 3.05) is 32.2 Å². The number of fused-ring (bicyclic) bond motifs is 5. The number of sulfonamides is 1. The molecule has 2 amide bonds. The summed E-state index contributed by atoms with van der Waals surface area (Å²) in [5.41, 5.74) is 2.11. The van der Waals surface area contributed by atoms with Gasteiger partial charge in [-0.25, -0.2) is 12.7 Å². The first-order valence-electron chi connectivity index (χ1n) is 18.1. The zero-order valence-corrected chi connectivity index (χ0v) is 36.1. The van der Waals surface area contributed by atoms with Gasteiger partial charge in [0.2, 0.25) is 11.8 Å². The van der Waals surface area contributed by atoms with E-state index in [0.717, 1.165) is 28.1 Å². The molecule has 0 N–H and O–H groups in total. The maximum absolute atomic E-state index is 15.0. The lowest BCUT2D eigenvalue weighted by atomic mass is 9.72. The Hall–Kier alpha value is -5.46. The lowest BCUT2D eigenvalue weighted by molar-refractivity contribution is -0.158. The van der Waals surface area contributed by atoms with E-state index >= 15 is 8.42 Å². The minimum Gasteiger partial charge on any atom is -0.497 e. The monoisotopic (exact) mass is 794 g/mol. The summed E-state index contributed by atoms with van der Waals surface area (Å²) in [6.45, 7) is 0.955. The lowest BCUT2D eigenvalue weighted by Gasteiger charge is -2.48. The first-order valence-corrected chi connectivity index (χ1v) is 21.7. The number of rotatable bonds is 11. The van der Waals surface area contributed by atoms with E-state index in [1.807, 2.05) is 66.9 Å². The van der Waals surface area contributed by atoms with Crippen LogP contribution < -0.4 is 18.5 Å². The second-order valence-corrected chi connectivity index (χ2v) is 19.0. The summed E-state index contributed by atoms with van der Waals surface area (Å²) >= 11 is 0. The molecule has 2 fully saturated rings. The standard InChI is InChI=1S/C39H42N6O7SSi2/c1-42-35(54)34(46)44-36-38(24-39(44,55)37(42)47,26-11-15-28(51-3)16-12-26)31-7-4-5-8-33(31)45(36)53(48,49)30-19-17-29(18-20-30)52-22-6-21-43-23-32(40-41-43)25-9-13-27(50-2)14-10-25/h4-5,7-20,23,35-36H,6,21-22,24H2,1-3,54-55H3/t35-,36-,38-,39-/m0/s1. The number of para-hydroxylation sites is 1. The number of carbonyl (C=O) groups is 2. The summed E-state index contributed by atoms with van der Waals surface area (Å²) < 4.78 is 49.9. The minimum absolute atomic E-state index is 0.0510. The average Bonchev–Trinajstić information content (AvgIpc) is 3.88. The molecule has 0 unspecified atom stereocenters. The van der Waals surface area contributed by atoms with Gasteiger partial charge < -0.3 is 24.0 Å². The minimum atomic E-state index is -4.28. The van der Waals surface area contributed by atoms with Gasteiger partial charge in [-0.2, -0.15) is 0 Å². The highest BCUT2D eigenvalue weighted by Crippen LogP contribution is 2.62. The molecule has 13 nitrogen and oxygen atoms in total. The van der Waals surface area contributed by atoms with Crippen LogP contribution in [0, 0.1) is 0 Å². The Morgan fingerprint density at radius 1 is 0.873 bits per heavy atom. The van der Waals surface area contributed by atoms with Crippen LogP contribution >= 0.6 is 0 Å². The van der Waals surface area contributed by atoms with Crippen LogP contribution in [0.1, 0.15) is 24.0 Å². The molecule has 4 heterocycles. The van der Waals surface area contributed by atoms with Crippen molar-refractivity contribution in [3.05, 3.63) is 114 Å². The molecule has 1 aromatic heterocycles. The Morgan fingerprint density at radius 3 is 2.18 bits per heavy atom. The summed E-state index contributed by atoms with van der Waals surface area (Å²) in [6, 6.07) is 28.9. The highest BCUT2D eigenvalue weighted by molar-refractivity contribution is 7.93. The molecule has 0 spiro atoms. The molecule has 8 rings (SSSR count). The number of anilines is 1. The molecule has 5 aromatic rings. The summed E-state index contributed by atoms with van der Waals surface area (Å²) in [5, 5.41) is 7.36. The van der Waals surface area contributed by atoms with E-state index in [2.05, 4.69) is 10.3 Å². The van der Waals surface area contributed by atoms with E-state index in [4.69, 9.17) is 14.2 Å².